The fourth-order valence-corrected chi connectivity index (χ4v) is 2.14. The highest BCUT2D eigenvalue weighted by Crippen LogP contribution is 2.25. The molecule has 1 aromatic carbocycles. The molecule has 5 nitrogen and oxygen atoms in total. The Morgan fingerprint density at radius 3 is 2.84 bits per heavy atom. The molecule has 19 heavy (non-hydrogen) atoms. The third-order valence-electron chi connectivity index (χ3n) is 3.06. The molecule has 2 aromatic rings. The minimum absolute atomic E-state index is 0.221. The summed E-state index contributed by atoms with van der Waals surface area (Å²) in [5.41, 5.74) is 6.88. The van der Waals surface area contributed by atoms with Crippen molar-refractivity contribution in [2.45, 2.75) is 12.8 Å². The summed E-state index contributed by atoms with van der Waals surface area (Å²) in [5, 5.41) is 1.63. The molecular formula is C13H14ClN3O2. The molecule has 0 aliphatic rings. The quantitative estimate of drug-likeness (QED) is 0.904. The summed E-state index contributed by atoms with van der Waals surface area (Å²) in [6, 6.07) is 4.86. The van der Waals surface area contributed by atoms with E-state index in [4.69, 9.17) is 17.3 Å². The van der Waals surface area contributed by atoms with Gasteiger partial charge in [-0.2, -0.15) is 0 Å². The van der Waals surface area contributed by atoms with E-state index < -0.39 is 6.03 Å². The molecule has 1 heterocycles. The molecule has 0 aliphatic heterocycles. The van der Waals surface area contributed by atoms with Crippen LogP contribution in [0.3, 0.4) is 0 Å². The second-order valence-electron chi connectivity index (χ2n) is 4.27. The number of amides is 3. The first-order chi connectivity index (χ1) is 9.00. The molecule has 0 radical (unpaired) electrons. The summed E-state index contributed by atoms with van der Waals surface area (Å²) in [5.74, 6) is -0.302. The van der Waals surface area contributed by atoms with Gasteiger partial charge in [0.2, 0.25) is 5.91 Å². The maximum absolute atomic E-state index is 11.7. The Labute approximate surface area is 115 Å². The Hall–Kier alpha value is -2.01. The number of benzene rings is 1. The van der Waals surface area contributed by atoms with Crippen LogP contribution in [0.1, 0.15) is 12.0 Å². The maximum Gasteiger partial charge on any atom is 0.321 e. The number of hydrogen-bond donors (Lipinski definition) is 2. The van der Waals surface area contributed by atoms with Gasteiger partial charge in [0.25, 0.3) is 0 Å². The molecule has 100 valence electrons. The average molecular weight is 280 g/mol. The van der Waals surface area contributed by atoms with Crippen molar-refractivity contribution < 1.29 is 9.59 Å². The van der Waals surface area contributed by atoms with Crippen molar-refractivity contribution in [2.24, 2.45) is 5.73 Å². The molecule has 6 heteroatoms. The van der Waals surface area contributed by atoms with E-state index in [2.05, 4.69) is 4.98 Å². The first-order valence-electron chi connectivity index (χ1n) is 5.81. The largest absolute Gasteiger partial charge is 0.360 e. The Morgan fingerprint density at radius 2 is 2.16 bits per heavy atom. The molecule has 0 spiro atoms. The number of primary amides is 1. The summed E-state index contributed by atoms with van der Waals surface area (Å²) in [6.45, 7) is 0. The Morgan fingerprint density at radius 1 is 1.42 bits per heavy atom. The molecule has 1 aromatic heterocycles. The molecule has 0 saturated heterocycles. The van der Waals surface area contributed by atoms with Crippen LogP contribution >= 0.6 is 11.6 Å². The van der Waals surface area contributed by atoms with Crippen molar-refractivity contribution in [3.8, 4) is 0 Å². The number of nitrogens with two attached hydrogens (primary N) is 1. The molecule has 3 amide bonds. The van der Waals surface area contributed by atoms with E-state index in [1.165, 1.54) is 7.05 Å². The number of fused-ring (bicyclic) bond motifs is 1. The lowest BCUT2D eigenvalue weighted by atomic mass is 10.1. The Bertz CT molecular complexity index is 636. The van der Waals surface area contributed by atoms with Gasteiger partial charge in [-0.1, -0.05) is 23.7 Å². The van der Waals surface area contributed by atoms with Gasteiger partial charge in [-0.15, -0.1) is 0 Å². The van der Waals surface area contributed by atoms with Crippen LogP contribution in [0.15, 0.2) is 24.4 Å². The van der Waals surface area contributed by atoms with E-state index in [1.807, 2.05) is 18.3 Å². The van der Waals surface area contributed by atoms with Crippen LogP contribution in [-0.2, 0) is 11.2 Å². The highest BCUT2D eigenvalue weighted by molar-refractivity contribution is 6.35. The fourth-order valence-electron chi connectivity index (χ4n) is 1.91. The number of H-pyrrole nitrogens is 1. The first-order valence-corrected chi connectivity index (χ1v) is 6.19. The van der Waals surface area contributed by atoms with Crippen LogP contribution in [0.2, 0.25) is 5.02 Å². The monoisotopic (exact) mass is 279 g/mol. The molecule has 0 fully saturated rings. The van der Waals surface area contributed by atoms with E-state index in [1.54, 1.807) is 6.07 Å². The highest BCUT2D eigenvalue weighted by atomic mass is 35.5. The van der Waals surface area contributed by atoms with E-state index in [0.717, 1.165) is 21.4 Å². The van der Waals surface area contributed by atoms with Crippen molar-refractivity contribution >= 4 is 34.4 Å². The molecule has 2 rings (SSSR count). The number of hydrogen-bond acceptors (Lipinski definition) is 2. The van der Waals surface area contributed by atoms with E-state index in [0.29, 0.717) is 11.4 Å². The second kappa shape index (κ2) is 5.32. The third kappa shape index (κ3) is 2.71. The van der Waals surface area contributed by atoms with Crippen molar-refractivity contribution in [2.75, 3.05) is 7.05 Å². The van der Waals surface area contributed by atoms with Crippen molar-refractivity contribution in [1.29, 1.82) is 0 Å². The topological polar surface area (TPSA) is 79.2 Å². The molecule has 0 atom stereocenters. The number of nitrogens with zero attached hydrogens (tertiary/aromatic N) is 1. The molecule has 0 saturated carbocycles. The minimum atomic E-state index is -0.744. The summed E-state index contributed by atoms with van der Waals surface area (Å²) < 4.78 is 0. The van der Waals surface area contributed by atoms with Gasteiger partial charge in [0.05, 0.1) is 10.5 Å². The maximum atomic E-state index is 11.7. The minimum Gasteiger partial charge on any atom is -0.360 e. The third-order valence-corrected chi connectivity index (χ3v) is 3.38. The normalized spacial score (nSPS) is 10.6. The second-order valence-corrected chi connectivity index (χ2v) is 4.67. The van der Waals surface area contributed by atoms with Crippen LogP contribution in [0.4, 0.5) is 4.79 Å². The average Bonchev–Trinajstić information content (AvgIpc) is 2.79. The number of aromatic nitrogens is 1. The number of aryl methyl sites for hydroxylation is 1. The van der Waals surface area contributed by atoms with Crippen LogP contribution < -0.4 is 5.73 Å². The molecule has 0 aliphatic carbocycles. The summed E-state index contributed by atoms with van der Waals surface area (Å²) in [7, 11) is 1.37. The lowest BCUT2D eigenvalue weighted by molar-refractivity contribution is -0.127. The standard InChI is InChI=1S/C13H14ClN3O2/c1-17(13(15)19)11(18)6-5-8-7-16-12-9(8)3-2-4-10(12)14/h2-4,7,16H,5-6H2,1H3,(H2,15,19). The first kappa shape index (κ1) is 13.4. The SMILES string of the molecule is CN(C(N)=O)C(=O)CCc1c[nH]c2c(Cl)cccc12. The Kier molecular flexibility index (Phi) is 3.76. The zero-order valence-corrected chi connectivity index (χ0v) is 11.2. The number of aromatic amines is 1. The number of urea groups is 1. The number of imide groups is 1. The summed E-state index contributed by atoms with van der Waals surface area (Å²) in [6.07, 6.45) is 2.57. The highest BCUT2D eigenvalue weighted by Gasteiger charge is 2.14. The van der Waals surface area contributed by atoms with Gasteiger partial charge in [0, 0.05) is 25.1 Å². The Balaban J connectivity index is 2.13. The number of para-hydroxylation sites is 1. The summed E-state index contributed by atoms with van der Waals surface area (Å²) >= 11 is 6.06. The predicted octanol–water partition coefficient (Wildman–Crippen LogP) is 2.29. The summed E-state index contributed by atoms with van der Waals surface area (Å²) in [4.78, 5) is 26.5. The van der Waals surface area contributed by atoms with Crippen molar-refractivity contribution in [1.82, 2.24) is 9.88 Å². The van der Waals surface area contributed by atoms with E-state index in [9.17, 15) is 9.59 Å². The number of carbonyl (C=O) groups excluding carboxylic acids is 2. The van der Waals surface area contributed by atoms with Gasteiger partial charge in [-0.3, -0.25) is 9.69 Å². The zero-order chi connectivity index (χ0) is 14.0. The van der Waals surface area contributed by atoms with Gasteiger partial charge >= 0.3 is 6.03 Å². The van der Waals surface area contributed by atoms with Crippen LogP contribution in [0.25, 0.3) is 10.9 Å². The fraction of sp³-hybridized carbons (Fsp3) is 0.231. The van der Waals surface area contributed by atoms with Crippen LogP contribution in [-0.4, -0.2) is 28.9 Å². The number of rotatable bonds is 3. The lowest BCUT2D eigenvalue weighted by Gasteiger charge is -2.11. The van der Waals surface area contributed by atoms with Crippen molar-refractivity contribution in [3.05, 3.63) is 35.0 Å². The van der Waals surface area contributed by atoms with Crippen molar-refractivity contribution in [3.63, 3.8) is 0 Å². The van der Waals surface area contributed by atoms with Gasteiger partial charge in [0.1, 0.15) is 0 Å². The zero-order valence-electron chi connectivity index (χ0n) is 10.4. The van der Waals surface area contributed by atoms with E-state index >= 15 is 0 Å². The van der Waals surface area contributed by atoms with Crippen LogP contribution in [0.5, 0.6) is 0 Å². The van der Waals surface area contributed by atoms with E-state index in [-0.39, 0.29) is 12.3 Å². The van der Waals surface area contributed by atoms with Crippen LogP contribution in [0, 0.1) is 0 Å². The van der Waals surface area contributed by atoms with Gasteiger partial charge in [-0.25, -0.2) is 4.79 Å². The molecular weight excluding hydrogens is 266 g/mol. The van der Waals surface area contributed by atoms with Gasteiger partial charge < -0.3 is 10.7 Å². The molecule has 0 bridgehead atoms. The van der Waals surface area contributed by atoms with Gasteiger partial charge in [0.15, 0.2) is 0 Å². The molecule has 0 unspecified atom stereocenters. The number of nitrogens with one attached hydrogen (secondary N) is 1. The molecule has 3 N–H and O–H groups in total. The number of carbonyl (C=O) groups is 2. The smallest absolute Gasteiger partial charge is 0.321 e. The van der Waals surface area contributed by atoms with Gasteiger partial charge in [-0.05, 0) is 18.1 Å². The lowest BCUT2D eigenvalue weighted by Crippen LogP contribution is -2.37. The predicted molar refractivity (Wildman–Crippen MR) is 74.0 cm³/mol. The number of halogens is 1.